The first kappa shape index (κ1) is 14.7. The fourth-order valence-electron chi connectivity index (χ4n) is 2.52. The first-order valence-electron chi connectivity index (χ1n) is 6.39. The summed E-state index contributed by atoms with van der Waals surface area (Å²) in [5, 5.41) is 0.462. The van der Waals surface area contributed by atoms with Gasteiger partial charge in [-0.2, -0.15) is 13.2 Å². The fourth-order valence-corrected chi connectivity index (χ4v) is 3.50. The van der Waals surface area contributed by atoms with Crippen LogP contribution in [0.4, 0.5) is 13.2 Å². The molecule has 108 valence electrons. The highest BCUT2D eigenvalue weighted by Gasteiger charge is 2.37. The van der Waals surface area contributed by atoms with Crippen molar-refractivity contribution in [1.29, 1.82) is 0 Å². The predicted octanol–water partition coefficient (Wildman–Crippen LogP) is 2.78. The van der Waals surface area contributed by atoms with Crippen LogP contribution < -0.4 is 5.73 Å². The van der Waals surface area contributed by atoms with E-state index in [4.69, 9.17) is 5.73 Å². The molecule has 19 heavy (non-hydrogen) atoms. The number of piperidine rings is 1. The van der Waals surface area contributed by atoms with Crippen LogP contribution in [0.1, 0.15) is 34.8 Å². The van der Waals surface area contributed by atoms with Crippen LogP contribution in [0.5, 0.6) is 0 Å². The lowest BCUT2D eigenvalue weighted by Crippen LogP contribution is -2.43. The predicted molar refractivity (Wildman–Crippen MR) is 69.0 cm³/mol. The van der Waals surface area contributed by atoms with Crippen LogP contribution in [0.2, 0.25) is 0 Å². The smallest absolute Gasteiger partial charge is 0.329 e. The molecule has 0 radical (unpaired) electrons. The summed E-state index contributed by atoms with van der Waals surface area (Å²) in [5.41, 5.74) is 4.97. The summed E-state index contributed by atoms with van der Waals surface area (Å²) in [7, 11) is 0. The summed E-state index contributed by atoms with van der Waals surface area (Å²) in [5.74, 6) is 0. The molecule has 0 aliphatic carbocycles. The fraction of sp³-hybridized carbons (Fsp3) is 0.750. The lowest BCUT2D eigenvalue weighted by Gasteiger charge is -2.34. The number of thiazole rings is 1. The second-order valence-electron chi connectivity index (χ2n) is 4.86. The zero-order chi connectivity index (χ0) is 14.0. The van der Waals surface area contributed by atoms with E-state index in [1.165, 1.54) is 0 Å². The van der Waals surface area contributed by atoms with Gasteiger partial charge in [-0.15, -0.1) is 11.3 Å². The number of halogens is 3. The molecule has 0 amide bonds. The van der Waals surface area contributed by atoms with Crippen LogP contribution in [0.15, 0.2) is 0 Å². The molecule has 1 aliphatic rings. The van der Waals surface area contributed by atoms with E-state index in [1.54, 1.807) is 6.92 Å². The topological polar surface area (TPSA) is 42.2 Å². The molecule has 0 aromatic carbocycles. The average Bonchev–Trinajstić information content (AvgIpc) is 2.71. The van der Waals surface area contributed by atoms with Gasteiger partial charge >= 0.3 is 6.18 Å². The summed E-state index contributed by atoms with van der Waals surface area (Å²) in [6.45, 7) is 3.23. The minimum Gasteiger partial charge on any atom is -0.329 e. The Morgan fingerprint density at radius 3 is 2.79 bits per heavy atom. The van der Waals surface area contributed by atoms with Crippen molar-refractivity contribution >= 4 is 11.3 Å². The minimum absolute atomic E-state index is 0.192. The number of nitrogens with zero attached hydrogens (tertiary/aromatic N) is 2. The van der Waals surface area contributed by atoms with Crippen LogP contribution in [-0.4, -0.2) is 29.0 Å². The van der Waals surface area contributed by atoms with Gasteiger partial charge in [0.2, 0.25) is 0 Å². The van der Waals surface area contributed by atoms with E-state index < -0.39 is 11.9 Å². The monoisotopic (exact) mass is 293 g/mol. The van der Waals surface area contributed by atoms with Crippen molar-refractivity contribution in [2.45, 2.75) is 44.9 Å². The van der Waals surface area contributed by atoms with Gasteiger partial charge in [-0.1, -0.05) is 6.42 Å². The summed E-state index contributed by atoms with van der Waals surface area (Å²) in [6.07, 6.45) is -1.27. The maximum absolute atomic E-state index is 12.9. The zero-order valence-corrected chi connectivity index (χ0v) is 11.7. The second-order valence-corrected chi connectivity index (χ2v) is 6.15. The van der Waals surface area contributed by atoms with Gasteiger partial charge in [0.1, 0.15) is 0 Å². The Balaban J connectivity index is 2.18. The van der Waals surface area contributed by atoms with Crippen LogP contribution in [0.25, 0.3) is 0 Å². The van der Waals surface area contributed by atoms with Crippen molar-refractivity contribution in [1.82, 2.24) is 9.88 Å². The van der Waals surface area contributed by atoms with Gasteiger partial charge in [-0.05, 0) is 26.3 Å². The summed E-state index contributed by atoms with van der Waals surface area (Å²) >= 11 is 1.13. The molecule has 0 spiro atoms. The molecule has 2 heterocycles. The van der Waals surface area contributed by atoms with Crippen molar-refractivity contribution in [3.05, 3.63) is 15.6 Å². The molecule has 3 nitrogen and oxygen atoms in total. The van der Waals surface area contributed by atoms with Gasteiger partial charge in [-0.3, -0.25) is 4.90 Å². The Hall–Kier alpha value is -0.660. The number of hydrogen-bond donors (Lipinski definition) is 1. The quantitative estimate of drug-likeness (QED) is 0.932. The molecular formula is C12H18F3N3S. The highest BCUT2D eigenvalue weighted by atomic mass is 32.1. The number of alkyl halides is 3. The number of nitrogens with two attached hydrogens (primary N) is 1. The van der Waals surface area contributed by atoms with Gasteiger partial charge in [-0.25, -0.2) is 4.98 Å². The van der Waals surface area contributed by atoms with E-state index >= 15 is 0 Å². The molecule has 2 rings (SSSR count). The van der Waals surface area contributed by atoms with E-state index in [1.807, 2.05) is 0 Å². The van der Waals surface area contributed by atoms with Crippen molar-refractivity contribution in [3.8, 4) is 0 Å². The normalized spacial score (nSPS) is 21.8. The van der Waals surface area contributed by atoms with Crippen LogP contribution >= 0.6 is 11.3 Å². The molecule has 1 atom stereocenters. The molecule has 1 aromatic heterocycles. The molecule has 0 bridgehead atoms. The van der Waals surface area contributed by atoms with Crippen molar-refractivity contribution < 1.29 is 13.2 Å². The molecule has 1 unspecified atom stereocenters. The van der Waals surface area contributed by atoms with Crippen molar-refractivity contribution in [2.24, 2.45) is 5.73 Å². The van der Waals surface area contributed by atoms with Crippen molar-refractivity contribution in [2.75, 3.05) is 13.1 Å². The number of likely N-dealkylation sites (tertiary alicyclic amines) is 1. The third kappa shape index (κ3) is 3.46. The lowest BCUT2D eigenvalue weighted by atomic mass is 10.0. The van der Waals surface area contributed by atoms with Gasteiger partial charge in [0.25, 0.3) is 0 Å². The standard InChI is InChI=1S/C12H18F3N3S/c1-8-17-11(12(13,14)15)10(19-8)7-18-5-3-2-4-9(18)6-16/h9H,2-7,16H2,1H3. The number of hydrogen-bond acceptors (Lipinski definition) is 4. The van der Waals surface area contributed by atoms with Gasteiger partial charge < -0.3 is 5.73 Å². The van der Waals surface area contributed by atoms with Crippen LogP contribution in [0.3, 0.4) is 0 Å². The molecule has 1 fully saturated rings. The number of aryl methyl sites for hydroxylation is 1. The highest BCUT2D eigenvalue weighted by Crippen LogP contribution is 2.35. The number of rotatable bonds is 3. The molecule has 7 heteroatoms. The van der Waals surface area contributed by atoms with E-state index in [0.29, 0.717) is 23.0 Å². The summed E-state index contributed by atoms with van der Waals surface area (Å²) in [4.78, 5) is 6.01. The SMILES string of the molecule is Cc1nc(C(F)(F)F)c(CN2CCCCC2CN)s1. The van der Waals surface area contributed by atoms with Crippen LogP contribution in [-0.2, 0) is 12.7 Å². The lowest BCUT2D eigenvalue weighted by molar-refractivity contribution is -0.141. The van der Waals surface area contributed by atoms with Gasteiger partial charge in [0, 0.05) is 19.1 Å². The Morgan fingerprint density at radius 1 is 1.42 bits per heavy atom. The largest absolute Gasteiger partial charge is 0.434 e. The minimum atomic E-state index is -4.37. The average molecular weight is 293 g/mol. The Bertz CT molecular complexity index is 430. The van der Waals surface area contributed by atoms with Gasteiger partial charge in [0.15, 0.2) is 5.69 Å². The molecule has 2 N–H and O–H groups in total. The Morgan fingerprint density at radius 2 is 2.16 bits per heavy atom. The number of aromatic nitrogens is 1. The van der Waals surface area contributed by atoms with Crippen molar-refractivity contribution in [3.63, 3.8) is 0 Å². The summed E-state index contributed by atoms with van der Waals surface area (Å²) in [6, 6.07) is 0.192. The highest BCUT2D eigenvalue weighted by molar-refractivity contribution is 7.11. The molecule has 1 saturated heterocycles. The maximum atomic E-state index is 12.9. The first-order valence-corrected chi connectivity index (χ1v) is 7.21. The third-order valence-electron chi connectivity index (χ3n) is 3.44. The Labute approximate surface area is 114 Å². The van der Waals surface area contributed by atoms with E-state index in [-0.39, 0.29) is 6.04 Å². The third-order valence-corrected chi connectivity index (χ3v) is 4.40. The molecule has 1 aromatic rings. The van der Waals surface area contributed by atoms with E-state index in [2.05, 4.69) is 9.88 Å². The van der Waals surface area contributed by atoms with E-state index in [9.17, 15) is 13.2 Å². The zero-order valence-electron chi connectivity index (χ0n) is 10.8. The second kappa shape index (κ2) is 5.76. The molecular weight excluding hydrogens is 275 g/mol. The summed E-state index contributed by atoms with van der Waals surface area (Å²) < 4.78 is 38.7. The molecule has 1 aliphatic heterocycles. The Kier molecular flexibility index (Phi) is 4.47. The molecule has 0 saturated carbocycles. The maximum Gasteiger partial charge on any atom is 0.434 e. The van der Waals surface area contributed by atoms with Gasteiger partial charge in [0.05, 0.1) is 9.88 Å². The van der Waals surface area contributed by atoms with Crippen LogP contribution in [0, 0.1) is 6.92 Å². The van der Waals surface area contributed by atoms with E-state index in [0.717, 1.165) is 37.1 Å². The first-order chi connectivity index (χ1) is 8.91.